The molecular formula is C23H22ClF3N8O3. The van der Waals surface area contributed by atoms with Gasteiger partial charge in [-0.15, -0.1) is 10.2 Å². The first-order valence-electron chi connectivity index (χ1n) is 11.6. The molecule has 0 amide bonds. The van der Waals surface area contributed by atoms with Crippen molar-refractivity contribution in [2.75, 3.05) is 31.2 Å². The number of anilines is 1. The van der Waals surface area contributed by atoms with E-state index in [4.69, 9.17) is 16.3 Å². The van der Waals surface area contributed by atoms with Crippen molar-refractivity contribution >= 4 is 17.4 Å². The summed E-state index contributed by atoms with van der Waals surface area (Å²) in [5.74, 6) is 0.837. The minimum atomic E-state index is -4.92. The first-order valence-corrected chi connectivity index (χ1v) is 12.0. The maximum absolute atomic E-state index is 13.1. The predicted octanol–water partition coefficient (Wildman–Crippen LogP) is 2.15. The lowest BCUT2D eigenvalue weighted by Crippen LogP contribution is -2.37. The minimum absolute atomic E-state index is 0.0590. The van der Waals surface area contributed by atoms with E-state index in [1.54, 1.807) is 12.3 Å². The molecule has 4 aromatic rings. The number of rotatable bonds is 7. The summed E-state index contributed by atoms with van der Waals surface area (Å²) >= 11 is 5.92. The second-order valence-electron chi connectivity index (χ2n) is 8.49. The fraction of sp³-hybridized carbons (Fsp3) is 0.348. The van der Waals surface area contributed by atoms with E-state index < -0.39 is 24.5 Å². The average molecular weight is 551 g/mol. The predicted molar refractivity (Wildman–Crippen MR) is 130 cm³/mol. The van der Waals surface area contributed by atoms with Gasteiger partial charge in [0.2, 0.25) is 0 Å². The van der Waals surface area contributed by atoms with Crippen LogP contribution in [0.1, 0.15) is 5.82 Å². The topological polar surface area (TPSA) is 116 Å². The van der Waals surface area contributed by atoms with E-state index in [2.05, 4.69) is 25.1 Å². The van der Waals surface area contributed by atoms with E-state index in [0.717, 1.165) is 9.25 Å². The van der Waals surface area contributed by atoms with E-state index in [0.29, 0.717) is 48.4 Å². The van der Waals surface area contributed by atoms with Crippen LogP contribution in [0.3, 0.4) is 0 Å². The van der Waals surface area contributed by atoms with Crippen molar-refractivity contribution in [1.29, 1.82) is 0 Å². The van der Waals surface area contributed by atoms with E-state index in [9.17, 15) is 23.1 Å². The highest BCUT2D eigenvalue weighted by Gasteiger charge is 2.39. The molecule has 1 fully saturated rings. The van der Waals surface area contributed by atoms with Crippen molar-refractivity contribution in [3.05, 3.63) is 70.3 Å². The van der Waals surface area contributed by atoms with Gasteiger partial charge in [-0.05, 0) is 36.4 Å². The molecule has 1 unspecified atom stereocenters. The van der Waals surface area contributed by atoms with Crippen LogP contribution in [0.4, 0.5) is 19.0 Å². The normalized spacial score (nSPS) is 15.1. The lowest BCUT2D eigenvalue weighted by molar-refractivity contribution is -0.207. The Morgan fingerprint density at radius 3 is 2.53 bits per heavy atom. The summed E-state index contributed by atoms with van der Waals surface area (Å²) in [5.41, 5.74) is 0.162. The number of morpholine rings is 1. The van der Waals surface area contributed by atoms with Gasteiger partial charge in [-0.2, -0.15) is 13.2 Å². The van der Waals surface area contributed by atoms with E-state index in [-0.39, 0.29) is 18.2 Å². The Morgan fingerprint density at radius 1 is 1.08 bits per heavy atom. The monoisotopic (exact) mass is 550 g/mol. The Morgan fingerprint density at radius 2 is 1.82 bits per heavy atom. The minimum Gasteiger partial charge on any atom is -0.382 e. The van der Waals surface area contributed by atoms with Crippen molar-refractivity contribution in [1.82, 2.24) is 34.1 Å². The number of nitrogens with zero attached hydrogens (tertiary/aromatic N) is 8. The molecule has 5 rings (SSSR count). The molecule has 1 N–H and O–H groups in total. The highest BCUT2D eigenvalue weighted by atomic mass is 35.5. The van der Waals surface area contributed by atoms with Crippen LogP contribution in [-0.2, 0) is 17.8 Å². The Hall–Kier alpha value is -3.75. The molecule has 200 valence electrons. The highest BCUT2D eigenvalue weighted by molar-refractivity contribution is 6.30. The number of pyridine rings is 1. The fourth-order valence-electron chi connectivity index (χ4n) is 4.00. The number of aromatic nitrogens is 7. The van der Waals surface area contributed by atoms with Gasteiger partial charge in [0.15, 0.2) is 23.6 Å². The molecule has 0 bridgehead atoms. The SMILES string of the molecule is O=c1n(Cc2ncn(-c3cccnc3N3CCOCC3)n2)nc(-c2ccc(Cl)cc2)n1CC(O)C(F)(F)F. The first-order chi connectivity index (χ1) is 18.2. The van der Waals surface area contributed by atoms with E-state index in [1.165, 1.54) is 35.3 Å². The number of benzene rings is 1. The van der Waals surface area contributed by atoms with Crippen LogP contribution >= 0.6 is 11.6 Å². The van der Waals surface area contributed by atoms with Crippen LogP contribution in [-0.4, -0.2) is 77.8 Å². The number of hydrogen-bond donors (Lipinski definition) is 1. The molecule has 1 aliphatic rings. The molecule has 11 nitrogen and oxygen atoms in total. The maximum Gasteiger partial charge on any atom is 0.416 e. The lowest BCUT2D eigenvalue weighted by Gasteiger charge is -2.29. The summed E-state index contributed by atoms with van der Waals surface area (Å²) in [7, 11) is 0. The summed E-state index contributed by atoms with van der Waals surface area (Å²) in [6.45, 7) is 1.23. The van der Waals surface area contributed by atoms with Gasteiger partial charge in [0.25, 0.3) is 0 Å². The molecule has 0 spiro atoms. The molecule has 1 atom stereocenters. The summed E-state index contributed by atoms with van der Waals surface area (Å²) in [6, 6.07) is 9.68. The molecule has 1 aromatic carbocycles. The molecule has 38 heavy (non-hydrogen) atoms. The summed E-state index contributed by atoms with van der Waals surface area (Å²) in [5, 5.41) is 18.7. The average Bonchev–Trinajstić information content (AvgIpc) is 3.50. The van der Waals surface area contributed by atoms with Crippen LogP contribution in [0.5, 0.6) is 0 Å². The van der Waals surface area contributed by atoms with Crippen LogP contribution in [0.15, 0.2) is 53.7 Å². The summed E-state index contributed by atoms with van der Waals surface area (Å²) < 4.78 is 47.9. The first kappa shape index (κ1) is 25.9. The largest absolute Gasteiger partial charge is 0.416 e. The number of hydrogen-bond acceptors (Lipinski definition) is 8. The van der Waals surface area contributed by atoms with Gasteiger partial charge in [0.1, 0.15) is 18.6 Å². The van der Waals surface area contributed by atoms with Crippen LogP contribution < -0.4 is 10.6 Å². The smallest absolute Gasteiger partial charge is 0.382 e. The Labute approximate surface area is 218 Å². The molecule has 0 radical (unpaired) electrons. The van der Waals surface area contributed by atoms with Crippen LogP contribution in [0.25, 0.3) is 17.1 Å². The third kappa shape index (κ3) is 5.42. The lowest BCUT2D eigenvalue weighted by atomic mass is 10.2. The van der Waals surface area contributed by atoms with Crippen LogP contribution in [0, 0.1) is 0 Å². The molecule has 0 saturated carbocycles. The van der Waals surface area contributed by atoms with Gasteiger partial charge in [0, 0.05) is 29.9 Å². The quantitative estimate of drug-likeness (QED) is 0.372. The van der Waals surface area contributed by atoms with Gasteiger partial charge >= 0.3 is 11.9 Å². The Bertz CT molecular complexity index is 1460. The standard InChI is InChI=1S/C23H22ClF3N8O3/c24-16-5-3-15(4-6-16)20-31-34(22(37)33(20)12-18(36)23(25,26)27)13-19-29-14-35(30-19)17-2-1-7-28-21(17)32-8-10-38-11-9-32/h1-7,14,18,36H,8-13H2. The molecule has 1 aliphatic heterocycles. The molecule has 4 heterocycles. The van der Waals surface area contributed by atoms with Gasteiger partial charge in [-0.3, -0.25) is 4.57 Å². The number of alkyl halides is 3. The van der Waals surface area contributed by atoms with Gasteiger partial charge in [-0.1, -0.05) is 11.6 Å². The van der Waals surface area contributed by atoms with Crippen molar-refractivity contribution in [2.45, 2.75) is 25.4 Å². The van der Waals surface area contributed by atoms with Crippen molar-refractivity contribution < 1.29 is 23.0 Å². The van der Waals surface area contributed by atoms with Crippen LogP contribution in [0.2, 0.25) is 5.02 Å². The second kappa shape index (κ2) is 10.6. The maximum atomic E-state index is 13.1. The fourth-order valence-corrected chi connectivity index (χ4v) is 4.13. The highest BCUT2D eigenvalue weighted by Crippen LogP contribution is 2.25. The molecule has 15 heteroatoms. The van der Waals surface area contributed by atoms with Crippen molar-refractivity contribution in [3.63, 3.8) is 0 Å². The second-order valence-corrected chi connectivity index (χ2v) is 8.93. The summed E-state index contributed by atoms with van der Waals surface area (Å²) in [6.07, 6.45) is -4.54. The van der Waals surface area contributed by atoms with Gasteiger partial charge in [0.05, 0.1) is 19.8 Å². The number of halogens is 4. The van der Waals surface area contributed by atoms with E-state index in [1.807, 2.05) is 6.07 Å². The Balaban J connectivity index is 1.46. The zero-order valence-corrected chi connectivity index (χ0v) is 20.5. The molecular weight excluding hydrogens is 529 g/mol. The van der Waals surface area contributed by atoms with Crippen molar-refractivity contribution in [2.24, 2.45) is 0 Å². The number of ether oxygens (including phenoxy) is 1. The zero-order chi connectivity index (χ0) is 26.9. The molecule has 3 aromatic heterocycles. The van der Waals surface area contributed by atoms with Gasteiger partial charge in [-0.25, -0.2) is 24.1 Å². The number of aliphatic hydroxyl groups is 1. The van der Waals surface area contributed by atoms with Crippen molar-refractivity contribution in [3.8, 4) is 17.1 Å². The van der Waals surface area contributed by atoms with E-state index >= 15 is 0 Å². The third-order valence-electron chi connectivity index (χ3n) is 5.91. The third-order valence-corrected chi connectivity index (χ3v) is 6.16. The van der Waals surface area contributed by atoms with Gasteiger partial charge < -0.3 is 14.7 Å². The number of aliphatic hydroxyl groups excluding tert-OH is 1. The zero-order valence-electron chi connectivity index (χ0n) is 19.8. The molecule has 1 saturated heterocycles. The molecule has 0 aliphatic carbocycles. The summed E-state index contributed by atoms with van der Waals surface area (Å²) in [4.78, 5) is 23.9. The Kier molecular flexibility index (Phi) is 7.19.